The Morgan fingerprint density at radius 3 is 2.91 bits per heavy atom. The van der Waals surface area contributed by atoms with Crippen molar-refractivity contribution in [2.45, 2.75) is 31.3 Å². The van der Waals surface area contributed by atoms with Crippen LogP contribution in [0.25, 0.3) is 16.9 Å². The highest BCUT2D eigenvalue weighted by Gasteiger charge is 2.22. The Hall–Kier alpha value is -2.47. The molecule has 1 aliphatic carbocycles. The lowest BCUT2D eigenvalue weighted by Crippen LogP contribution is -2.22. The Balaban J connectivity index is 1.75. The monoisotopic (exact) mass is 311 g/mol. The molecule has 0 radical (unpaired) electrons. The van der Waals surface area contributed by atoms with Crippen molar-refractivity contribution in [2.75, 3.05) is 5.32 Å². The predicted octanol–water partition coefficient (Wildman–Crippen LogP) is 2.83. The van der Waals surface area contributed by atoms with Crippen molar-refractivity contribution in [1.29, 1.82) is 0 Å². The van der Waals surface area contributed by atoms with E-state index < -0.39 is 0 Å². The molecule has 1 fully saturated rings. The van der Waals surface area contributed by atoms with Gasteiger partial charge in [0.05, 0.1) is 11.9 Å². The van der Waals surface area contributed by atoms with E-state index in [1.165, 1.54) is 12.1 Å². The van der Waals surface area contributed by atoms with Gasteiger partial charge in [-0.3, -0.25) is 0 Å². The number of aromatic nitrogens is 3. The van der Waals surface area contributed by atoms with Gasteiger partial charge in [0.25, 0.3) is 0 Å². The molecule has 1 aromatic carbocycles. The van der Waals surface area contributed by atoms with Crippen molar-refractivity contribution in [3.8, 4) is 11.3 Å². The molecule has 23 heavy (non-hydrogen) atoms. The van der Waals surface area contributed by atoms with Crippen LogP contribution in [0.4, 0.5) is 10.2 Å². The Labute approximate surface area is 133 Å². The zero-order chi connectivity index (χ0) is 15.8. The Morgan fingerprint density at radius 2 is 2.13 bits per heavy atom. The number of anilines is 1. The summed E-state index contributed by atoms with van der Waals surface area (Å²) in [6.45, 7) is 0. The van der Waals surface area contributed by atoms with Gasteiger partial charge >= 0.3 is 0 Å². The fraction of sp³-hybridized carbons (Fsp3) is 0.294. The zero-order valence-electron chi connectivity index (χ0n) is 12.6. The van der Waals surface area contributed by atoms with Gasteiger partial charge < -0.3 is 11.1 Å². The van der Waals surface area contributed by atoms with Gasteiger partial charge in [0.1, 0.15) is 11.6 Å². The van der Waals surface area contributed by atoms with E-state index >= 15 is 0 Å². The maximum atomic E-state index is 13.5. The van der Waals surface area contributed by atoms with Gasteiger partial charge in [-0.15, -0.1) is 0 Å². The summed E-state index contributed by atoms with van der Waals surface area (Å²) in [4.78, 5) is 4.57. The molecular weight excluding hydrogens is 293 g/mol. The third-order valence-electron chi connectivity index (χ3n) is 4.30. The minimum atomic E-state index is -0.269. The van der Waals surface area contributed by atoms with E-state index in [1.807, 2.05) is 18.2 Å². The maximum absolute atomic E-state index is 13.5. The molecule has 0 saturated heterocycles. The average Bonchev–Trinajstić information content (AvgIpc) is 3.16. The summed E-state index contributed by atoms with van der Waals surface area (Å²) < 4.78 is 15.3. The molecule has 3 N–H and O–H groups in total. The summed E-state index contributed by atoms with van der Waals surface area (Å²) in [5, 5.41) is 7.83. The van der Waals surface area contributed by atoms with Gasteiger partial charge in [-0.2, -0.15) is 9.61 Å². The second-order valence-corrected chi connectivity index (χ2v) is 6.05. The number of nitrogens with two attached hydrogens (primary N) is 1. The molecule has 1 saturated carbocycles. The molecule has 3 aromatic rings. The average molecular weight is 311 g/mol. The topological polar surface area (TPSA) is 68.2 Å². The molecule has 2 atom stereocenters. The van der Waals surface area contributed by atoms with Gasteiger partial charge in [0, 0.05) is 29.8 Å². The molecular formula is C17H18FN5. The van der Waals surface area contributed by atoms with E-state index in [0.29, 0.717) is 6.04 Å². The summed E-state index contributed by atoms with van der Waals surface area (Å²) in [5.74, 6) is 0.590. The van der Waals surface area contributed by atoms with Crippen LogP contribution in [-0.2, 0) is 0 Å². The molecule has 0 aliphatic heterocycles. The van der Waals surface area contributed by atoms with Crippen molar-refractivity contribution < 1.29 is 4.39 Å². The molecule has 1 aliphatic rings. The lowest BCUT2D eigenvalue weighted by molar-refractivity contribution is 0.628. The summed E-state index contributed by atoms with van der Waals surface area (Å²) in [6, 6.07) is 10.8. The first-order chi connectivity index (χ1) is 11.2. The van der Waals surface area contributed by atoms with Gasteiger partial charge in [0.15, 0.2) is 5.65 Å². The van der Waals surface area contributed by atoms with E-state index in [-0.39, 0.29) is 11.9 Å². The first-order valence-corrected chi connectivity index (χ1v) is 7.82. The van der Waals surface area contributed by atoms with Crippen LogP contribution >= 0.6 is 0 Å². The molecule has 2 heterocycles. The van der Waals surface area contributed by atoms with Crippen molar-refractivity contribution in [2.24, 2.45) is 5.73 Å². The fourth-order valence-electron chi connectivity index (χ4n) is 3.17. The van der Waals surface area contributed by atoms with E-state index in [0.717, 1.165) is 42.0 Å². The van der Waals surface area contributed by atoms with Crippen LogP contribution in [0.5, 0.6) is 0 Å². The summed E-state index contributed by atoms with van der Waals surface area (Å²) in [6.07, 6.45) is 4.73. The molecule has 0 bridgehead atoms. The highest BCUT2D eigenvalue weighted by atomic mass is 19.1. The SMILES string of the molecule is N[C@H]1CC[C@H](Nc2cc(-c3cccc(F)c3)nc3ccnn23)C1. The Bertz CT molecular complexity index is 844. The smallest absolute Gasteiger partial charge is 0.157 e. The molecule has 118 valence electrons. The van der Waals surface area contributed by atoms with Crippen LogP contribution in [0.1, 0.15) is 19.3 Å². The van der Waals surface area contributed by atoms with E-state index in [4.69, 9.17) is 5.73 Å². The van der Waals surface area contributed by atoms with Crippen LogP contribution in [0.15, 0.2) is 42.6 Å². The maximum Gasteiger partial charge on any atom is 0.157 e. The predicted molar refractivity (Wildman–Crippen MR) is 87.6 cm³/mol. The Kier molecular flexibility index (Phi) is 3.46. The molecule has 4 rings (SSSR count). The van der Waals surface area contributed by atoms with E-state index in [9.17, 15) is 4.39 Å². The Morgan fingerprint density at radius 1 is 1.22 bits per heavy atom. The summed E-state index contributed by atoms with van der Waals surface area (Å²) in [5.41, 5.74) is 8.20. The van der Waals surface area contributed by atoms with Gasteiger partial charge in [-0.05, 0) is 31.4 Å². The minimum absolute atomic E-state index is 0.255. The molecule has 0 spiro atoms. The molecule has 5 nitrogen and oxygen atoms in total. The van der Waals surface area contributed by atoms with E-state index in [1.54, 1.807) is 16.8 Å². The lowest BCUT2D eigenvalue weighted by atomic mass is 10.1. The molecule has 6 heteroatoms. The second kappa shape index (κ2) is 5.62. The van der Waals surface area contributed by atoms with Crippen molar-refractivity contribution in [1.82, 2.24) is 14.6 Å². The van der Waals surface area contributed by atoms with Gasteiger partial charge in [0.2, 0.25) is 0 Å². The number of fused-ring (bicyclic) bond motifs is 1. The third kappa shape index (κ3) is 2.77. The third-order valence-corrected chi connectivity index (χ3v) is 4.30. The lowest BCUT2D eigenvalue weighted by Gasteiger charge is -2.16. The van der Waals surface area contributed by atoms with Crippen LogP contribution < -0.4 is 11.1 Å². The van der Waals surface area contributed by atoms with Crippen LogP contribution in [0, 0.1) is 5.82 Å². The van der Waals surface area contributed by atoms with Gasteiger partial charge in [-0.1, -0.05) is 12.1 Å². The number of hydrogen-bond donors (Lipinski definition) is 2. The number of nitrogens with one attached hydrogen (secondary N) is 1. The first-order valence-electron chi connectivity index (χ1n) is 7.82. The number of benzene rings is 1. The quantitative estimate of drug-likeness (QED) is 0.780. The largest absolute Gasteiger partial charge is 0.367 e. The summed E-state index contributed by atoms with van der Waals surface area (Å²) in [7, 11) is 0. The van der Waals surface area contributed by atoms with Crippen molar-refractivity contribution in [3.05, 3.63) is 48.4 Å². The minimum Gasteiger partial charge on any atom is -0.367 e. The van der Waals surface area contributed by atoms with Crippen LogP contribution in [0.3, 0.4) is 0 Å². The van der Waals surface area contributed by atoms with Crippen molar-refractivity contribution in [3.63, 3.8) is 0 Å². The number of rotatable bonds is 3. The first kappa shape index (κ1) is 14.1. The van der Waals surface area contributed by atoms with E-state index in [2.05, 4.69) is 15.4 Å². The molecule has 0 amide bonds. The highest BCUT2D eigenvalue weighted by molar-refractivity contribution is 5.66. The summed E-state index contributed by atoms with van der Waals surface area (Å²) >= 11 is 0. The number of hydrogen-bond acceptors (Lipinski definition) is 4. The normalized spacial score (nSPS) is 21.0. The van der Waals surface area contributed by atoms with Crippen LogP contribution in [-0.4, -0.2) is 26.7 Å². The van der Waals surface area contributed by atoms with Crippen molar-refractivity contribution >= 4 is 11.5 Å². The second-order valence-electron chi connectivity index (χ2n) is 6.05. The van der Waals surface area contributed by atoms with Crippen LogP contribution in [0.2, 0.25) is 0 Å². The zero-order valence-corrected chi connectivity index (χ0v) is 12.6. The number of halogens is 1. The number of nitrogens with zero attached hydrogens (tertiary/aromatic N) is 3. The highest BCUT2D eigenvalue weighted by Crippen LogP contribution is 2.26. The van der Waals surface area contributed by atoms with Gasteiger partial charge in [-0.25, -0.2) is 9.37 Å². The fourth-order valence-corrected chi connectivity index (χ4v) is 3.17. The molecule has 0 unspecified atom stereocenters. The molecule has 2 aromatic heterocycles. The standard InChI is InChI=1S/C17H18FN5/c18-12-3-1-2-11(8-12)15-10-17(21-14-5-4-13(19)9-14)23-16(22-15)6-7-20-23/h1-3,6-8,10,13-14,21H,4-5,9,19H2/t13-,14-/m0/s1.